The molecule has 1 aliphatic heterocycles. The molecule has 3 aromatic heterocycles. The first kappa shape index (κ1) is 21.6. The summed E-state index contributed by atoms with van der Waals surface area (Å²) in [5.41, 5.74) is 4.40. The number of benzene rings is 1. The van der Waals surface area contributed by atoms with Crippen molar-refractivity contribution in [2.24, 2.45) is 0 Å². The maximum Gasteiger partial charge on any atom is 0.182 e. The monoisotopic (exact) mass is 478 g/mol. The summed E-state index contributed by atoms with van der Waals surface area (Å²) in [6, 6.07) is 5.11. The predicted octanol–water partition coefficient (Wildman–Crippen LogP) is 5.32. The first-order valence-electron chi connectivity index (χ1n) is 11.6. The summed E-state index contributed by atoms with van der Waals surface area (Å²) in [4.78, 5) is 18.9. The van der Waals surface area contributed by atoms with E-state index in [1.165, 1.54) is 24.5 Å². The predicted molar refractivity (Wildman–Crippen MR) is 126 cm³/mol. The van der Waals surface area contributed by atoms with Crippen molar-refractivity contribution in [1.82, 2.24) is 29.7 Å². The van der Waals surface area contributed by atoms with Crippen LogP contribution in [0, 0.1) is 19.7 Å². The maximum atomic E-state index is 14.9. The molecule has 4 aromatic rings. The highest BCUT2D eigenvalue weighted by Crippen LogP contribution is 2.38. The fourth-order valence-electron chi connectivity index (χ4n) is 4.53. The highest BCUT2D eigenvalue weighted by atomic mass is 35.5. The summed E-state index contributed by atoms with van der Waals surface area (Å²) in [5.74, 6) is 0.287. The van der Waals surface area contributed by atoms with E-state index < -0.39 is 5.82 Å². The first-order valence-corrected chi connectivity index (χ1v) is 11.9. The third kappa shape index (κ3) is 3.95. The summed E-state index contributed by atoms with van der Waals surface area (Å²) in [6.45, 7) is 4.90. The smallest absolute Gasteiger partial charge is 0.182 e. The molecule has 2 fully saturated rings. The molecule has 0 bridgehead atoms. The van der Waals surface area contributed by atoms with Crippen LogP contribution in [0.2, 0.25) is 5.02 Å². The molecule has 4 heterocycles. The van der Waals surface area contributed by atoms with Gasteiger partial charge in [-0.25, -0.2) is 24.3 Å². The van der Waals surface area contributed by atoms with Gasteiger partial charge in [0.1, 0.15) is 22.9 Å². The van der Waals surface area contributed by atoms with Gasteiger partial charge in [-0.05, 0) is 56.9 Å². The van der Waals surface area contributed by atoms with Gasteiger partial charge in [0, 0.05) is 28.6 Å². The van der Waals surface area contributed by atoms with E-state index in [1.807, 2.05) is 20.0 Å². The largest absolute Gasteiger partial charge is 0.380 e. The molecule has 2 aliphatic rings. The molecule has 1 saturated carbocycles. The van der Waals surface area contributed by atoms with Crippen molar-refractivity contribution in [3.63, 3.8) is 0 Å². The van der Waals surface area contributed by atoms with Gasteiger partial charge in [0.05, 0.1) is 36.8 Å². The SMILES string of the molecule is Cc1nc2nc([C@H]3COC[C@@H](c4cnn(C5CC5)c4)C3)nc(-c3ccc(Cl)cc3F)c2nc1C. The summed E-state index contributed by atoms with van der Waals surface area (Å²) >= 11 is 6.00. The van der Waals surface area contributed by atoms with Crippen LogP contribution in [0.4, 0.5) is 4.39 Å². The number of aryl methyl sites for hydroxylation is 2. The molecule has 0 radical (unpaired) electrons. The fourth-order valence-corrected chi connectivity index (χ4v) is 4.69. The third-order valence-corrected chi connectivity index (χ3v) is 6.97. The molecule has 0 spiro atoms. The normalized spacial score (nSPS) is 20.7. The topological polar surface area (TPSA) is 78.6 Å². The average molecular weight is 479 g/mol. The van der Waals surface area contributed by atoms with Crippen molar-refractivity contribution < 1.29 is 9.13 Å². The zero-order valence-electron chi connectivity index (χ0n) is 19.0. The number of ether oxygens (including phenoxy) is 1. The van der Waals surface area contributed by atoms with E-state index in [0.717, 1.165) is 17.8 Å². The van der Waals surface area contributed by atoms with E-state index in [0.29, 0.717) is 52.5 Å². The van der Waals surface area contributed by atoms with Gasteiger partial charge in [0.25, 0.3) is 0 Å². The lowest BCUT2D eigenvalue weighted by Gasteiger charge is -2.28. The van der Waals surface area contributed by atoms with Crippen molar-refractivity contribution in [3.05, 3.63) is 64.2 Å². The second kappa shape index (κ2) is 8.36. The van der Waals surface area contributed by atoms with Crippen LogP contribution < -0.4 is 0 Å². The van der Waals surface area contributed by atoms with Gasteiger partial charge < -0.3 is 4.74 Å². The Labute approximate surface area is 201 Å². The summed E-state index contributed by atoms with van der Waals surface area (Å²) < 4.78 is 23.0. The van der Waals surface area contributed by atoms with Crippen molar-refractivity contribution in [3.8, 4) is 11.3 Å². The molecule has 2 atom stereocenters. The number of rotatable bonds is 4. The molecule has 34 heavy (non-hydrogen) atoms. The van der Waals surface area contributed by atoms with Crippen molar-refractivity contribution >= 4 is 22.8 Å². The molecule has 0 amide bonds. The van der Waals surface area contributed by atoms with Gasteiger partial charge >= 0.3 is 0 Å². The molecule has 7 nitrogen and oxygen atoms in total. The lowest BCUT2D eigenvalue weighted by molar-refractivity contribution is 0.0620. The molecule has 1 aromatic carbocycles. The fraction of sp³-hybridized carbons (Fsp3) is 0.400. The summed E-state index contributed by atoms with van der Waals surface area (Å²) in [5, 5.41) is 4.87. The van der Waals surface area contributed by atoms with Crippen LogP contribution in [0.15, 0.2) is 30.6 Å². The van der Waals surface area contributed by atoms with Crippen LogP contribution in [-0.4, -0.2) is 42.9 Å². The number of hydrogen-bond acceptors (Lipinski definition) is 6. The molecular weight excluding hydrogens is 455 g/mol. The van der Waals surface area contributed by atoms with Crippen LogP contribution in [0.1, 0.15) is 59.9 Å². The number of fused-ring (bicyclic) bond motifs is 1. The van der Waals surface area contributed by atoms with Gasteiger partial charge in [-0.1, -0.05) is 11.6 Å². The van der Waals surface area contributed by atoms with Crippen LogP contribution >= 0.6 is 11.6 Å². The average Bonchev–Trinajstić information content (AvgIpc) is 3.56. The van der Waals surface area contributed by atoms with Crippen molar-refractivity contribution in [2.45, 2.75) is 51.0 Å². The minimum atomic E-state index is -0.455. The van der Waals surface area contributed by atoms with Crippen LogP contribution in [0.5, 0.6) is 0 Å². The molecule has 0 N–H and O–H groups in total. The Balaban J connectivity index is 1.41. The Morgan fingerprint density at radius 3 is 2.62 bits per heavy atom. The molecule has 1 saturated heterocycles. The summed E-state index contributed by atoms with van der Waals surface area (Å²) in [7, 11) is 0. The minimum Gasteiger partial charge on any atom is -0.380 e. The van der Waals surface area contributed by atoms with E-state index in [-0.39, 0.29) is 11.8 Å². The first-order chi connectivity index (χ1) is 16.5. The Kier molecular flexibility index (Phi) is 5.30. The van der Waals surface area contributed by atoms with E-state index >= 15 is 0 Å². The second-order valence-electron chi connectivity index (χ2n) is 9.27. The Morgan fingerprint density at radius 1 is 1.03 bits per heavy atom. The van der Waals surface area contributed by atoms with E-state index in [1.54, 1.807) is 12.1 Å². The van der Waals surface area contributed by atoms with Gasteiger partial charge in [0.15, 0.2) is 5.65 Å². The zero-order chi connectivity index (χ0) is 23.4. The quantitative estimate of drug-likeness (QED) is 0.395. The number of hydrogen-bond donors (Lipinski definition) is 0. The Morgan fingerprint density at radius 2 is 1.82 bits per heavy atom. The third-order valence-electron chi connectivity index (χ3n) is 6.73. The maximum absolute atomic E-state index is 14.9. The van der Waals surface area contributed by atoms with Crippen molar-refractivity contribution in [1.29, 1.82) is 0 Å². The van der Waals surface area contributed by atoms with Crippen molar-refractivity contribution in [2.75, 3.05) is 13.2 Å². The standard InChI is InChI=1S/C25H24ClFN6O/c1-13-14(2)30-25-23(29-13)22(20-6-3-18(26)8-21(20)27)31-24(32-25)16-7-15(11-34-12-16)17-9-28-33(10-17)19-4-5-19/h3,6,8-10,15-16,19H,4-5,7,11-12H2,1-2H3/t15-,16+/m0/s1. The number of nitrogens with zero attached hydrogens (tertiary/aromatic N) is 6. The molecule has 6 rings (SSSR count). The van der Waals surface area contributed by atoms with E-state index in [9.17, 15) is 4.39 Å². The zero-order valence-corrected chi connectivity index (χ0v) is 19.8. The Hall–Kier alpha value is -2.97. The van der Waals surface area contributed by atoms with Gasteiger partial charge in [0.2, 0.25) is 0 Å². The van der Waals surface area contributed by atoms with Gasteiger partial charge in [-0.3, -0.25) is 4.68 Å². The van der Waals surface area contributed by atoms with E-state index in [4.69, 9.17) is 26.3 Å². The number of halogens is 2. The molecule has 0 unspecified atom stereocenters. The minimum absolute atomic E-state index is 0.0510. The Bertz CT molecular complexity index is 1400. The lowest BCUT2D eigenvalue weighted by Crippen LogP contribution is -2.24. The second-order valence-corrected chi connectivity index (χ2v) is 9.71. The molecule has 174 valence electrons. The molecule has 1 aliphatic carbocycles. The number of aromatic nitrogens is 6. The van der Waals surface area contributed by atoms with Gasteiger partial charge in [-0.15, -0.1) is 0 Å². The van der Waals surface area contributed by atoms with Crippen LogP contribution in [0.3, 0.4) is 0 Å². The molecule has 9 heteroatoms. The summed E-state index contributed by atoms with van der Waals surface area (Å²) in [6.07, 6.45) is 7.30. The lowest BCUT2D eigenvalue weighted by atomic mass is 9.88. The van der Waals surface area contributed by atoms with Gasteiger partial charge in [-0.2, -0.15) is 5.10 Å². The molecular formula is C25H24ClFN6O. The highest BCUT2D eigenvalue weighted by molar-refractivity contribution is 6.30. The van der Waals surface area contributed by atoms with Crippen LogP contribution in [0.25, 0.3) is 22.4 Å². The highest BCUT2D eigenvalue weighted by Gasteiger charge is 2.31. The van der Waals surface area contributed by atoms with E-state index in [2.05, 4.69) is 25.9 Å². The van der Waals surface area contributed by atoms with Crippen LogP contribution in [-0.2, 0) is 4.74 Å².